The highest BCUT2D eigenvalue weighted by molar-refractivity contribution is 5.86. The van der Waals surface area contributed by atoms with Gasteiger partial charge in [0.2, 0.25) is 5.91 Å². The van der Waals surface area contributed by atoms with Gasteiger partial charge in [0.05, 0.1) is 17.7 Å². The molecule has 2 aliphatic heterocycles. The Morgan fingerprint density at radius 3 is 2.47 bits per heavy atom. The van der Waals surface area contributed by atoms with Crippen LogP contribution >= 0.6 is 0 Å². The van der Waals surface area contributed by atoms with Crippen molar-refractivity contribution in [2.24, 2.45) is 5.73 Å². The molecule has 0 aromatic heterocycles. The first-order valence-electron chi connectivity index (χ1n) is 6.23. The van der Waals surface area contributed by atoms with Gasteiger partial charge in [-0.25, -0.2) is 0 Å². The molecule has 0 bridgehead atoms. The lowest BCUT2D eigenvalue weighted by Crippen LogP contribution is -2.62. The average Bonchev–Trinajstić information content (AvgIpc) is 2.27. The summed E-state index contributed by atoms with van der Waals surface area (Å²) in [5.41, 5.74) is 5.21. The molecule has 1 amide bonds. The molecule has 0 aromatic rings. The second-order valence-corrected chi connectivity index (χ2v) is 5.60. The first kappa shape index (κ1) is 12.8. The van der Waals surface area contributed by atoms with Gasteiger partial charge in [0.15, 0.2) is 0 Å². The van der Waals surface area contributed by atoms with Gasteiger partial charge in [0.1, 0.15) is 0 Å². The molecule has 0 aliphatic carbocycles. The summed E-state index contributed by atoms with van der Waals surface area (Å²) < 4.78 is 10.9. The topological polar surface area (TPSA) is 64.8 Å². The number of hydrogen-bond donors (Lipinski definition) is 1. The number of rotatable bonds is 1. The summed E-state index contributed by atoms with van der Waals surface area (Å²) in [5, 5.41) is 0. The highest BCUT2D eigenvalue weighted by Gasteiger charge is 2.41. The van der Waals surface area contributed by atoms with Crippen LogP contribution in [0.25, 0.3) is 0 Å². The lowest BCUT2D eigenvalue weighted by atomic mass is 9.89. The van der Waals surface area contributed by atoms with Crippen molar-refractivity contribution >= 4 is 5.91 Å². The van der Waals surface area contributed by atoms with E-state index >= 15 is 0 Å². The van der Waals surface area contributed by atoms with Crippen molar-refractivity contribution in [3.8, 4) is 0 Å². The minimum absolute atomic E-state index is 0.0529. The SMILES string of the molecule is CC1(C)CN(C(=O)C2(N)CCOCC2)CCO1. The fourth-order valence-electron chi connectivity index (χ4n) is 2.45. The lowest BCUT2D eigenvalue weighted by molar-refractivity contribution is -0.154. The molecule has 5 heteroatoms. The minimum atomic E-state index is -0.730. The van der Waals surface area contributed by atoms with Crippen LogP contribution in [0, 0.1) is 0 Å². The Morgan fingerprint density at radius 1 is 1.24 bits per heavy atom. The van der Waals surface area contributed by atoms with Crippen molar-refractivity contribution in [1.82, 2.24) is 4.90 Å². The number of ether oxygens (including phenoxy) is 2. The van der Waals surface area contributed by atoms with Gasteiger partial charge >= 0.3 is 0 Å². The number of nitrogens with zero attached hydrogens (tertiary/aromatic N) is 1. The normalized spacial score (nSPS) is 27.8. The van der Waals surface area contributed by atoms with Gasteiger partial charge in [0, 0.05) is 26.3 Å². The van der Waals surface area contributed by atoms with Gasteiger partial charge in [-0.2, -0.15) is 0 Å². The zero-order valence-electron chi connectivity index (χ0n) is 10.7. The standard InChI is InChI=1S/C12H22N2O3/c1-11(2)9-14(5-8-17-11)10(15)12(13)3-6-16-7-4-12/h3-9,13H2,1-2H3. The molecule has 5 nitrogen and oxygen atoms in total. The van der Waals surface area contributed by atoms with Gasteiger partial charge < -0.3 is 20.1 Å². The molecule has 2 heterocycles. The Bertz CT molecular complexity index is 298. The third-order valence-corrected chi connectivity index (χ3v) is 3.52. The Balaban J connectivity index is 2.03. The van der Waals surface area contributed by atoms with E-state index in [2.05, 4.69) is 0 Å². The molecule has 17 heavy (non-hydrogen) atoms. The first-order chi connectivity index (χ1) is 7.93. The van der Waals surface area contributed by atoms with Crippen LogP contribution in [-0.4, -0.2) is 54.9 Å². The molecule has 2 fully saturated rings. The molecule has 0 atom stereocenters. The summed E-state index contributed by atoms with van der Waals surface area (Å²) in [6, 6.07) is 0. The van der Waals surface area contributed by atoms with Crippen molar-refractivity contribution in [1.29, 1.82) is 0 Å². The molecule has 2 aliphatic rings. The number of carbonyl (C=O) groups excluding carboxylic acids is 1. The molecule has 0 spiro atoms. The van der Waals surface area contributed by atoms with Crippen molar-refractivity contribution in [2.75, 3.05) is 32.9 Å². The van der Waals surface area contributed by atoms with E-state index in [0.717, 1.165) is 0 Å². The summed E-state index contributed by atoms with van der Waals surface area (Å²) >= 11 is 0. The Labute approximate surface area is 102 Å². The second-order valence-electron chi connectivity index (χ2n) is 5.60. The summed E-state index contributed by atoms with van der Waals surface area (Å²) in [6.07, 6.45) is 1.23. The summed E-state index contributed by atoms with van der Waals surface area (Å²) in [6.45, 7) is 7.00. The van der Waals surface area contributed by atoms with Crippen LogP contribution in [0.4, 0.5) is 0 Å². The smallest absolute Gasteiger partial charge is 0.243 e. The fourth-order valence-corrected chi connectivity index (χ4v) is 2.45. The monoisotopic (exact) mass is 242 g/mol. The molecule has 0 saturated carbocycles. The van der Waals surface area contributed by atoms with Crippen LogP contribution in [-0.2, 0) is 14.3 Å². The third kappa shape index (κ3) is 2.78. The molecule has 2 saturated heterocycles. The number of morpholine rings is 1. The zero-order chi connectivity index (χ0) is 12.5. The molecular weight excluding hydrogens is 220 g/mol. The Kier molecular flexibility index (Phi) is 3.43. The van der Waals surface area contributed by atoms with E-state index in [0.29, 0.717) is 45.8 Å². The van der Waals surface area contributed by atoms with Crippen LogP contribution in [0.15, 0.2) is 0 Å². The minimum Gasteiger partial charge on any atom is -0.381 e. The van der Waals surface area contributed by atoms with E-state index < -0.39 is 5.54 Å². The highest BCUT2D eigenvalue weighted by atomic mass is 16.5. The van der Waals surface area contributed by atoms with E-state index in [1.807, 2.05) is 18.7 Å². The maximum atomic E-state index is 12.5. The molecule has 2 N–H and O–H groups in total. The van der Waals surface area contributed by atoms with E-state index in [9.17, 15) is 4.79 Å². The van der Waals surface area contributed by atoms with E-state index in [-0.39, 0.29) is 11.5 Å². The maximum Gasteiger partial charge on any atom is 0.243 e. The number of nitrogens with two attached hydrogens (primary N) is 1. The largest absolute Gasteiger partial charge is 0.381 e. The maximum absolute atomic E-state index is 12.5. The fraction of sp³-hybridized carbons (Fsp3) is 0.917. The van der Waals surface area contributed by atoms with Crippen molar-refractivity contribution in [3.05, 3.63) is 0 Å². The van der Waals surface area contributed by atoms with Gasteiger partial charge in [-0.05, 0) is 26.7 Å². The van der Waals surface area contributed by atoms with Crippen LogP contribution in [0.5, 0.6) is 0 Å². The summed E-state index contributed by atoms with van der Waals surface area (Å²) in [7, 11) is 0. The lowest BCUT2D eigenvalue weighted by Gasteiger charge is -2.43. The highest BCUT2D eigenvalue weighted by Crippen LogP contribution is 2.24. The average molecular weight is 242 g/mol. The van der Waals surface area contributed by atoms with Crippen LogP contribution < -0.4 is 5.73 Å². The van der Waals surface area contributed by atoms with Gasteiger partial charge in [-0.3, -0.25) is 4.79 Å². The molecule has 2 rings (SSSR count). The quantitative estimate of drug-likeness (QED) is 0.710. The molecule has 0 unspecified atom stereocenters. The van der Waals surface area contributed by atoms with Crippen LogP contribution in [0.3, 0.4) is 0 Å². The number of amides is 1. The van der Waals surface area contributed by atoms with Crippen molar-refractivity contribution in [3.63, 3.8) is 0 Å². The van der Waals surface area contributed by atoms with E-state index in [4.69, 9.17) is 15.2 Å². The summed E-state index contributed by atoms with van der Waals surface area (Å²) in [5.74, 6) is 0.0529. The van der Waals surface area contributed by atoms with Gasteiger partial charge in [0.25, 0.3) is 0 Å². The number of hydrogen-bond acceptors (Lipinski definition) is 4. The molecule has 0 radical (unpaired) electrons. The predicted molar refractivity (Wildman–Crippen MR) is 63.6 cm³/mol. The molecule has 0 aromatic carbocycles. The van der Waals surface area contributed by atoms with Crippen LogP contribution in [0.2, 0.25) is 0 Å². The van der Waals surface area contributed by atoms with Crippen LogP contribution in [0.1, 0.15) is 26.7 Å². The molecular formula is C12H22N2O3. The third-order valence-electron chi connectivity index (χ3n) is 3.52. The summed E-state index contributed by atoms with van der Waals surface area (Å²) in [4.78, 5) is 14.3. The van der Waals surface area contributed by atoms with E-state index in [1.165, 1.54) is 0 Å². The second kappa shape index (κ2) is 4.55. The van der Waals surface area contributed by atoms with E-state index in [1.54, 1.807) is 0 Å². The molecule has 98 valence electrons. The Hall–Kier alpha value is -0.650. The zero-order valence-corrected chi connectivity index (χ0v) is 10.7. The predicted octanol–water partition coefficient (Wildman–Crippen LogP) is 0.132. The van der Waals surface area contributed by atoms with Crippen molar-refractivity contribution in [2.45, 2.75) is 37.8 Å². The first-order valence-corrected chi connectivity index (χ1v) is 6.23. The van der Waals surface area contributed by atoms with Gasteiger partial charge in [-0.1, -0.05) is 0 Å². The Morgan fingerprint density at radius 2 is 1.88 bits per heavy atom. The number of carbonyl (C=O) groups is 1. The van der Waals surface area contributed by atoms with Crippen molar-refractivity contribution < 1.29 is 14.3 Å². The van der Waals surface area contributed by atoms with Gasteiger partial charge in [-0.15, -0.1) is 0 Å².